The van der Waals surface area contributed by atoms with Crippen molar-refractivity contribution in [3.05, 3.63) is 64.7 Å². The summed E-state index contributed by atoms with van der Waals surface area (Å²) < 4.78 is 0. The molecule has 0 saturated carbocycles. The summed E-state index contributed by atoms with van der Waals surface area (Å²) in [5, 5.41) is 0.766. The molecule has 1 saturated heterocycles. The Hall–Kier alpha value is -2.00. The van der Waals surface area contributed by atoms with E-state index in [1.54, 1.807) is 0 Å². The first kappa shape index (κ1) is 15.5. The smallest absolute Gasteiger partial charge is 0.324 e. The number of urea groups is 1. The lowest BCUT2D eigenvalue weighted by Gasteiger charge is -2.32. The van der Waals surface area contributed by atoms with Crippen LogP contribution in [0.4, 0.5) is 10.5 Å². The number of carbonyl (C=O) groups excluding carboxylic acids is 1. The molecule has 2 aromatic carbocycles. The molecule has 2 amide bonds. The van der Waals surface area contributed by atoms with Crippen LogP contribution in [-0.2, 0) is 6.42 Å². The summed E-state index contributed by atoms with van der Waals surface area (Å²) in [4.78, 5) is 17.0. The number of fused-ring (bicyclic) bond motifs is 1. The van der Waals surface area contributed by atoms with Crippen molar-refractivity contribution in [3.63, 3.8) is 0 Å². The number of likely N-dealkylation sites (tertiary alicyclic amines) is 1. The summed E-state index contributed by atoms with van der Waals surface area (Å²) in [6, 6.07) is 16.4. The summed E-state index contributed by atoms with van der Waals surface area (Å²) in [7, 11) is 0. The van der Waals surface area contributed by atoms with E-state index in [0.29, 0.717) is 5.92 Å². The molecule has 2 heterocycles. The molecule has 4 rings (SSSR count). The van der Waals surface area contributed by atoms with Gasteiger partial charge in [0.05, 0.1) is 0 Å². The van der Waals surface area contributed by atoms with Crippen LogP contribution in [0.15, 0.2) is 48.5 Å². The number of hydrogen-bond donors (Lipinski definition) is 0. The molecule has 4 heteroatoms. The first-order valence-corrected chi connectivity index (χ1v) is 9.00. The van der Waals surface area contributed by atoms with E-state index in [1.165, 1.54) is 11.1 Å². The lowest BCUT2D eigenvalue weighted by molar-refractivity contribution is 0.214. The van der Waals surface area contributed by atoms with E-state index in [9.17, 15) is 4.79 Å². The molecule has 124 valence electrons. The van der Waals surface area contributed by atoms with E-state index >= 15 is 0 Å². The Labute approximate surface area is 147 Å². The summed E-state index contributed by atoms with van der Waals surface area (Å²) in [5.74, 6) is 0.382. The van der Waals surface area contributed by atoms with Crippen molar-refractivity contribution in [2.24, 2.45) is 0 Å². The van der Waals surface area contributed by atoms with Gasteiger partial charge in [-0.1, -0.05) is 41.9 Å². The minimum Gasteiger partial charge on any atom is -0.324 e. The van der Waals surface area contributed by atoms with Gasteiger partial charge in [0.25, 0.3) is 0 Å². The molecule has 0 N–H and O–H groups in total. The van der Waals surface area contributed by atoms with Crippen molar-refractivity contribution in [1.29, 1.82) is 0 Å². The summed E-state index contributed by atoms with van der Waals surface area (Å²) in [6.45, 7) is 2.40. The molecular formula is C20H21ClN2O. The average Bonchev–Trinajstić information content (AvgIpc) is 3.11. The standard InChI is InChI=1S/C20H21ClN2O/c21-18-8-3-6-16(13-18)17-10-12-22(14-17)20(24)23-11-4-7-15-5-1-2-9-19(15)23/h1-3,5-6,8-9,13,17H,4,7,10-12,14H2. The maximum atomic E-state index is 13.0. The topological polar surface area (TPSA) is 23.6 Å². The second kappa shape index (κ2) is 6.48. The van der Waals surface area contributed by atoms with Gasteiger partial charge in [0.1, 0.15) is 0 Å². The number of rotatable bonds is 1. The number of benzene rings is 2. The van der Waals surface area contributed by atoms with Gasteiger partial charge in [0.2, 0.25) is 0 Å². The Kier molecular flexibility index (Phi) is 4.19. The number of para-hydroxylation sites is 1. The lowest BCUT2D eigenvalue weighted by Crippen LogP contribution is -2.44. The molecule has 2 aromatic rings. The number of carbonyl (C=O) groups is 1. The van der Waals surface area contributed by atoms with Crippen LogP contribution in [0.3, 0.4) is 0 Å². The molecule has 3 nitrogen and oxygen atoms in total. The van der Waals surface area contributed by atoms with Crippen LogP contribution in [0, 0.1) is 0 Å². The third kappa shape index (κ3) is 2.89. The van der Waals surface area contributed by atoms with Gasteiger partial charge >= 0.3 is 6.03 Å². The third-order valence-electron chi connectivity index (χ3n) is 5.12. The SMILES string of the molecule is O=C(N1CCC(c2cccc(Cl)c2)C1)N1CCCc2ccccc21. The highest BCUT2D eigenvalue weighted by molar-refractivity contribution is 6.30. The summed E-state index contributed by atoms with van der Waals surface area (Å²) in [6.07, 6.45) is 3.10. The van der Waals surface area contributed by atoms with Crippen molar-refractivity contribution in [1.82, 2.24) is 4.90 Å². The van der Waals surface area contributed by atoms with E-state index in [4.69, 9.17) is 11.6 Å². The monoisotopic (exact) mass is 340 g/mol. The maximum absolute atomic E-state index is 13.0. The number of nitrogens with zero attached hydrogens (tertiary/aromatic N) is 2. The molecule has 0 bridgehead atoms. The highest BCUT2D eigenvalue weighted by Gasteiger charge is 2.32. The third-order valence-corrected chi connectivity index (χ3v) is 5.36. The van der Waals surface area contributed by atoms with Gasteiger partial charge in [-0.05, 0) is 48.6 Å². The van der Waals surface area contributed by atoms with Crippen molar-refractivity contribution in [2.45, 2.75) is 25.2 Å². The first-order chi connectivity index (χ1) is 11.7. The van der Waals surface area contributed by atoms with E-state index in [2.05, 4.69) is 24.3 Å². The van der Waals surface area contributed by atoms with Crippen LogP contribution >= 0.6 is 11.6 Å². The Bertz CT molecular complexity index is 761. The molecule has 2 aliphatic rings. The number of aryl methyl sites for hydroxylation is 1. The van der Waals surface area contributed by atoms with Crippen LogP contribution in [0.5, 0.6) is 0 Å². The molecule has 1 fully saturated rings. The van der Waals surface area contributed by atoms with E-state index < -0.39 is 0 Å². The van der Waals surface area contributed by atoms with Crippen molar-refractivity contribution < 1.29 is 4.79 Å². The average molecular weight is 341 g/mol. The number of halogens is 1. The van der Waals surface area contributed by atoms with Crippen molar-refractivity contribution >= 4 is 23.3 Å². The van der Waals surface area contributed by atoms with Gasteiger partial charge in [-0.2, -0.15) is 0 Å². The molecule has 0 radical (unpaired) electrons. The van der Waals surface area contributed by atoms with Crippen LogP contribution in [0.1, 0.15) is 29.9 Å². The van der Waals surface area contributed by atoms with Crippen molar-refractivity contribution in [3.8, 4) is 0 Å². The molecule has 0 aromatic heterocycles. The zero-order valence-corrected chi connectivity index (χ0v) is 14.4. The van der Waals surface area contributed by atoms with E-state index in [1.807, 2.05) is 34.1 Å². The number of anilines is 1. The molecule has 0 spiro atoms. The highest BCUT2D eigenvalue weighted by Crippen LogP contribution is 2.32. The fraction of sp³-hybridized carbons (Fsp3) is 0.350. The largest absolute Gasteiger partial charge is 0.324 e. The zero-order valence-electron chi connectivity index (χ0n) is 13.6. The second-order valence-corrected chi connectivity index (χ2v) is 7.09. The minimum absolute atomic E-state index is 0.145. The highest BCUT2D eigenvalue weighted by atomic mass is 35.5. The number of hydrogen-bond acceptors (Lipinski definition) is 1. The normalized spacial score (nSPS) is 20.1. The minimum atomic E-state index is 0.145. The fourth-order valence-corrected chi connectivity index (χ4v) is 4.07. The van der Waals surface area contributed by atoms with Gasteiger partial charge in [0, 0.05) is 36.3 Å². The fourth-order valence-electron chi connectivity index (χ4n) is 3.87. The molecule has 1 unspecified atom stereocenters. The summed E-state index contributed by atoms with van der Waals surface area (Å²) in [5.41, 5.74) is 3.60. The molecule has 1 atom stereocenters. The van der Waals surface area contributed by atoms with Gasteiger partial charge in [-0.15, -0.1) is 0 Å². The van der Waals surface area contributed by atoms with E-state index in [0.717, 1.165) is 49.6 Å². The van der Waals surface area contributed by atoms with Crippen LogP contribution in [0.25, 0.3) is 0 Å². The number of amides is 2. The second-order valence-electron chi connectivity index (χ2n) is 6.65. The Morgan fingerprint density at radius 1 is 1.08 bits per heavy atom. The molecular weight excluding hydrogens is 320 g/mol. The van der Waals surface area contributed by atoms with Gasteiger partial charge in [-0.25, -0.2) is 4.79 Å². The van der Waals surface area contributed by atoms with Gasteiger partial charge < -0.3 is 4.90 Å². The van der Waals surface area contributed by atoms with Gasteiger partial charge in [0.15, 0.2) is 0 Å². The predicted octanol–water partition coefficient (Wildman–Crippen LogP) is 4.70. The van der Waals surface area contributed by atoms with Crippen molar-refractivity contribution in [2.75, 3.05) is 24.5 Å². The van der Waals surface area contributed by atoms with Crippen LogP contribution in [0.2, 0.25) is 5.02 Å². The predicted molar refractivity (Wildman–Crippen MR) is 97.9 cm³/mol. The lowest BCUT2D eigenvalue weighted by atomic mass is 9.99. The zero-order chi connectivity index (χ0) is 16.5. The van der Waals surface area contributed by atoms with Gasteiger partial charge in [-0.3, -0.25) is 4.90 Å². The molecule has 2 aliphatic heterocycles. The quantitative estimate of drug-likeness (QED) is 0.738. The maximum Gasteiger partial charge on any atom is 0.324 e. The Morgan fingerprint density at radius 3 is 2.83 bits per heavy atom. The van der Waals surface area contributed by atoms with Crippen LogP contribution in [-0.4, -0.2) is 30.6 Å². The first-order valence-electron chi connectivity index (χ1n) is 8.62. The Balaban J connectivity index is 1.51. The Morgan fingerprint density at radius 2 is 1.96 bits per heavy atom. The summed E-state index contributed by atoms with van der Waals surface area (Å²) >= 11 is 6.11. The van der Waals surface area contributed by atoms with E-state index in [-0.39, 0.29) is 6.03 Å². The van der Waals surface area contributed by atoms with Crippen LogP contribution < -0.4 is 4.90 Å². The molecule has 24 heavy (non-hydrogen) atoms. The molecule has 0 aliphatic carbocycles.